The molecule has 24 heavy (non-hydrogen) atoms. The van der Waals surface area contributed by atoms with Crippen LogP contribution in [0.2, 0.25) is 0 Å². The minimum atomic E-state index is -0.523. The predicted octanol–water partition coefficient (Wildman–Crippen LogP) is 6.00. The summed E-state index contributed by atoms with van der Waals surface area (Å²) in [5.41, 5.74) is 0. The van der Waals surface area contributed by atoms with Gasteiger partial charge >= 0.3 is 29.1 Å². The van der Waals surface area contributed by atoms with E-state index in [4.69, 9.17) is 0 Å². The van der Waals surface area contributed by atoms with Gasteiger partial charge in [-0.1, -0.05) is 55.2 Å². The molecule has 0 aromatic rings. The Morgan fingerprint density at radius 2 is 1.33 bits per heavy atom. The van der Waals surface area contributed by atoms with Crippen LogP contribution in [-0.2, 0) is 17.1 Å². The molecule has 3 rings (SSSR count). The van der Waals surface area contributed by atoms with E-state index in [1.165, 1.54) is 32.1 Å². The van der Waals surface area contributed by atoms with E-state index in [1.807, 2.05) is 0 Å². The molecule has 6 heteroatoms. The second-order valence-corrected chi connectivity index (χ2v) is 5.07. The third kappa shape index (κ3) is 10.5. The van der Waals surface area contributed by atoms with Gasteiger partial charge in [-0.2, -0.15) is 6.42 Å². The van der Waals surface area contributed by atoms with Crippen molar-refractivity contribution in [1.82, 2.24) is 4.90 Å². The van der Waals surface area contributed by atoms with Crippen LogP contribution in [0.15, 0.2) is 36.5 Å². The number of nitrogens with zero attached hydrogens (tertiary/aromatic N) is 3. The zero-order chi connectivity index (χ0) is 16.8. The molecule has 0 spiro atoms. The van der Waals surface area contributed by atoms with E-state index in [0.717, 1.165) is 24.2 Å². The number of urea groups is 2. The van der Waals surface area contributed by atoms with Crippen molar-refractivity contribution in [3.05, 3.63) is 40.2 Å². The largest absolute Gasteiger partial charge is 2.00 e. The molecule has 138 valence electrons. The molecule has 0 aromatic carbocycles. The number of amides is 4. The van der Waals surface area contributed by atoms with E-state index < -0.39 is 12.1 Å². The topological polar surface area (TPSA) is 62.1 Å². The minimum Gasteiger partial charge on any atom is -0.358 e. The Kier molecular flexibility index (Phi) is 20.8. The maximum absolute atomic E-state index is 11.0. The second-order valence-electron chi connectivity index (χ2n) is 5.07. The SMILES string of the molecule is C1CCCC1.C=C.C=C.O=C1N=NC(=O)N1CC1[CH-]CCC1.[CH3-].[Fe+2]. The summed E-state index contributed by atoms with van der Waals surface area (Å²) in [4.78, 5) is 23.1. The van der Waals surface area contributed by atoms with Crippen LogP contribution in [0.5, 0.6) is 0 Å². The molecule has 1 heterocycles. The zero-order valence-corrected chi connectivity index (χ0v) is 16.0. The summed E-state index contributed by atoms with van der Waals surface area (Å²) in [5.74, 6) is 0.344. The van der Waals surface area contributed by atoms with Gasteiger partial charge in [-0.3, -0.25) is 0 Å². The molecule has 2 fully saturated rings. The van der Waals surface area contributed by atoms with E-state index >= 15 is 0 Å². The molecular weight excluding hydrogens is 346 g/mol. The summed E-state index contributed by atoms with van der Waals surface area (Å²) >= 11 is 0. The van der Waals surface area contributed by atoms with Gasteiger partial charge in [0.15, 0.2) is 0 Å². The maximum Gasteiger partial charge on any atom is 2.00 e. The van der Waals surface area contributed by atoms with E-state index in [9.17, 15) is 9.59 Å². The first-order chi connectivity index (χ1) is 10.8. The minimum absolute atomic E-state index is 0. The van der Waals surface area contributed by atoms with Crippen molar-refractivity contribution in [2.45, 2.75) is 51.4 Å². The van der Waals surface area contributed by atoms with E-state index in [0.29, 0.717) is 12.5 Å². The van der Waals surface area contributed by atoms with Gasteiger partial charge in [0.2, 0.25) is 0 Å². The first kappa shape index (κ1) is 27.6. The Bertz CT molecular complexity index is 338. The predicted molar refractivity (Wildman–Crippen MR) is 96.0 cm³/mol. The molecule has 1 aliphatic heterocycles. The first-order valence-electron chi connectivity index (χ1n) is 7.88. The van der Waals surface area contributed by atoms with Crippen molar-refractivity contribution < 1.29 is 26.7 Å². The van der Waals surface area contributed by atoms with Crippen LogP contribution in [0.4, 0.5) is 9.59 Å². The molecule has 1 unspecified atom stereocenters. The zero-order valence-electron chi connectivity index (χ0n) is 14.9. The van der Waals surface area contributed by atoms with Crippen LogP contribution in [-0.4, -0.2) is 23.5 Å². The number of hydrogen-bond acceptors (Lipinski definition) is 2. The fourth-order valence-electron chi connectivity index (χ4n) is 2.57. The summed E-state index contributed by atoms with van der Waals surface area (Å²) in [6, 6.07) is -1.05. The van der Waals surface area contributed by atoms with E-state index in [1.54, 1.807) is 0 Å². The fourth-order valence-corrected chi connectivity index (χ4v) is 2.57. The molecule has 0 N–H and O–H groups in total. The van der Waals surface area contributed by atoms with Crippen LogP contribution < -0.4 is 0 Å². The molecule has 0 aromatic heterocycles. The Labute approximate surface area is 158 Å². The second kappa shape index (κ2) is 18.1. The van der Waals surface area contributed by atoms with Crippen molar-refractivity contribution >= 4 is 12.1 Å². The Morgan fingerprint density at radius 3 is 1.67 bits per heavy atom. The van der Waals surface area contributed by atoms with Gasteiger partial charge in [0.25, 0.3) is 0 Å². The number of azo groups is 1. The number of carbonyl (C=O) groups excluding carboxylic acids is 2. The summed E-state index contributed by atoms with van der Waals surface area (Å²) < 4.78 is 0. The van der Waals surface area contributed by atoms with Gasteiger partial charge in [-0.15, -0.1) is 32.2 Å². The van der Waals surface area contributed by atoms with Gasteiger partial charge in [-0.05, 0) is 0 Å². The van der Waals surface area contributed by atoms with Gasteiger partial charge in [-0.25, -0.2) is 14.5 Å². The van der Waals surface area contributed by atoms with Crippen LogP contribution in [0, 0.1) is 19.8 Å². The van der Waals surface area contributed by atoms with Crippen molar-refractivity contribution in [1.29, 1.82) is 0 Å². The smallest absolute Gasteiger partial charge is 0.358 e. The number of carbonyl (C=O) groups is 2. The molecule has 0 radical (unpaired) electrons. The van der Waals surface area contributed by atoms with Crippen molar-refractivity contribution in [3.63, 3.8) is 0 Å². The molecule has 0 bridgehead atoms. The number of imide groups is 1. The monoisotopic (exact) mass is 377 g/mol. The van der Waals surface area contributed by atoms with Crippen LogP contribution in [0.25, 0.3) is 0 Å². The van der Waals surface area contributed by atoms with Gasteiger partial charge in [0.1, 0.15) is 0 Å². The first-order valence-corrected chi connectivity index (χ1v) is 7.88. The molecule has 1 atom stereocenters. The van der Waals surface area contributed by atoms with E-state index in [2.05, 4.69) is 43.0 Å². The molecule has 3 aliphatic rings. The molecule has 2 aliphatic carbocycles. The maximum atomic E-state index is 11.0. The van der Waals surface area contributed by atoms with Crippen LogP contribution in [0.3, 0.4) is 0 Å². The number of rotatable bonds is 2. The van der Waals surface area contributed by atoms with Gasteiger partial charge < -0.3 is 13.8 Å². The standard InChI is InChI=1S/C8H10N3O2.C5H10.2C2H4.CH3.Fe/c12-7-9-10-8(13)11(7)5-6-3-1-2-4-6;1-2-4-5-3-1;2*1-2;;/h3,6H,1-2,4-5H2;1-5H2;2*1-2H2;1H3;/q-1;;;;-1;+2. The average molecular weight is 377 g/mol. The van der Waals surface area contributed by atoms with Crippen LogP contribution in [0.1, 0.15) is 51.4 Å². The van der Waals surface area contributed by atoms with Crippen molar-refractivity contribution in [2.24, 2.45) is 16.1 Å². The normalized spacial score (nSPS) is 20.3. The molecule has 5 nitrogen and oxygen atoms in total. The molecule has 2 saturated carbocycles. The molecule has 0 saturated heterocycles. The Balaban J connectivity index is -0.000000342. The third-order valence-electron chi connectivity index (χ3n) is 3.63. The fraction of sp³-hybridized carbons (Fsp3) is 0.556. The quantitative estimate of drug-likeness (QED) is 0.336. The molecular formula is C18H31FeN3O2. The average Bonchev–Trinajstić information content (AvgIpc) is 3.33. The Hall–Kier alpha value is -1.26. The van der Waals surface area contributed by atoms with Gasteiger partial charge in [0.05, 0.1) is 0 Å². The summed E-state index contributed by atoms with van der Waals surface area (Å²) in [7, 11) is 0. The van der Waals surface area contributed by atoms with Crippen LogP contribution >= 0.6 is 0 Å². The Morgan fingerprint density at radius 1 is 0.917 bits per heavy atom. The summed E-state index contributed by atoms with van der Waals surface area (Å²) in [6.07, 6.45) is 12.9. The number of hydrogen-bond donors (Lipinski definition) is 0. The summed E-state index contributed by atoms with van der Waals surface area (Å²) in [6.45, 7) is 12.4. The third-order valence-corrected chi connectivity index (χ3v) is 3.63. The van der Waals surface area contributed by atoms with Crippen molar-refractivity contribution in [2.75, 3.05) is 6.54 Å². The molecule has 4 amide bonds. The summed E-state index contributed by atoms with van der Waals surface area (Å²) in [5, 5.41) is 6.38. The van der Waals surface area contributed by atoms with E-state index in [-0.39, 0.29) is 24.5 Å². The van der Waals surface area contributed by atoms with Gasteiger partial charge in [0, 0.05) is 6.54 Å². The van der Waals surface area contributed by atoms with Crippen molar-refractivity contribution in [3.8, 4) is 0 Å².